The summed E-state index contributed by atoms with van der Waals surface area (Å²) < 4.78 is 5.11. The second-order valence-corrected chi connectivity index (χ2v) is 2.39. The van der Waals surface area contributed by atoms with Gasteiger partial charge in [-0.05, 0) is 18.6 Å². The van der Waals surface area contributed by atoms with Crippen molar-refractivity contribution in [2.45, 2.75) is 19.3 Å². The van der Waals surface area contributed by atoms with E-state index in [-0.39, 0.29) is 0 Å². The number of nitrogens with zero attached hydrogens (tertiary/aromatic N) is 2. The van der Waals surface area contributed by atoms with E-state index in [1.165, 1.54) is 0 Å². The number of rotatable bonds is 3. The zero-order valence-corrected chi connectivity index (χ0v) is 6.58. The summed E-state index contributed by atoms with van der Waals surface area (Å²) in [5, 5.41) is 16.7. The van der Waals surface area contributed by atoms with E-state index >= 15 is 0 Å². The Balaban J connectivity index is 2.44. The molecule has 0 aliphatic rings. The molecule has 0 atom stereocenters. The molecule has 0 N–H and O–H groups in total. The van der Waals surface area contributed by atoms with Crippen LogP contribution in [0.2, 0.25) is 0 Å². The Morgan fingerprint density at radius 3 is 2.75 bits per heavy atom. The third-order valence-electron chi connectivity index (χ3n) is 1.48. The molecule has 0 aliphatic heterocycles. The van der Waals surface area contributed by atoms with Crippen molar-refractivity contribution in [3.63, 3.8) is 0 Å². The van der Waals surface area contributed by atoms with Crippen LogP contribution in [0.1, 0.15) is 24.4 Å². The Hall–Kier alpha value is -1.74. The molecule has 0 amide bonds. The van der Waals surface area contributed by atoms with Gasteiger partial charge in [0.25, 0.3) is 0 Å². The second kappa shape index (κ2) is 4.20. The predicted octanol–water partition coefficient (Wildman–Crippen LogP) is 2.00. The van der Waals surface area contributed by atoms with Crippen molar-refractivity contribution < 1.29 is 4.42 Å². The highest BCUT2D eigenvalue weighted by Gasteiger charge is 1.99. The van der Waals surface area contributed by atoms with Gasteiger partial charge in [-0.2, -0.15) is 10.5 Å². The summed E-state index contributed by atoms with van der Waals surface area (Å²) in [4.78, 5) is 0. The summed E-state index contributed by atoms with van der Waals surface area (Å²) in [5.74, 6) is 1.11. The van der Waals surface area contributed by atoms with E-state index in [0.29, 0.717) is 12.2 Å². The molecule has 0 aromatic carbocycles. The first-order valence-electron chi connectivity index (χ1n) is 3.72. The van der Waals surface area contributed by atoms with Crippen LogP contribution in [0.4, 0.5) is 0 Å². The fourth-order valence-electron chi connectivity index (χ4n) is 0.914. The maximum Gasteiger partial charge on any atom is 0.203 e. The molecule has 3 nitrogen and oxygen atoms in total. The minimum Gasteiger partial charge on any atom is -0.451 e. The summed E-state index contributed by atoms with van der Waals surface area (Å²) in [6, 6.07) is 7.37. The molecule has 1 rings (SSSR count). The van der Waals surface area contributed by atoms with Gasteiger partial charge in [-0.15, -0.1) is 0 Å². The Labute approximate surface area is 70.8 Å². The smallest absolute Gasteiger partial charge is 0.203 e. The van der Waals surface area contributed by atoms with Crippen molar-refractivity contribution >= 4 is 0 Å². The molecule has 0 unspecified atom stereocenters. The van der Waals surface area contributed by atoms with Crippen molar-refractivity contribution in [2.24, 2.45) is 0 Å². The van der Waals surface area contributed by atoms with E-state index in [1.807, 2.05) is 6.07 Å². The maximum atomic E-state index is 8.43. The molecule has 0 radical (unpaired) electrons. The fraction of sp³-hybridized carbons (Fsp3) is 0.333. The van der Waals surface area contributed by atoms with E-state index in [0.717, 1.165) is 18.6 Å². The van der Waals surface area contributed by atoms with Crippen LogP contribution in [-0.2, 0) is 6.42 Å². The summed E-state index contributed by atoms with van der Waals surface area (Å²) >= 11 is 0. The third-order valence-corrected chi connectivity index (χ3v) is 1.48. The van der Waals surface area contributed by atoms with Gasteiger partial charge in [-0.25, -0.2) is 0 Å². The molecule has 0 spiro atoms. The molecule has 0 aliphatic carbocycles. The van der Waals surface area contributed by atoms with Gasteiger partial charge < -0.3 is 4.42 Å². The summed E-state index contributed by atoms with van der Waals surface area (Å²) in [6.45, 7) is 0. The average molecular weight is 160 g/mol. The lowest BCUT2D eigenvalue weighted by Gasteiger charge is -1.89. The van der Waals surface area contributed by atoms with Crippen LogP contribution in [0.15, 0.2) is 16.5 Å². The Morgan fingerprint density at radius 2 is 2.17 bits per heavy atom. The van der Waals surface area contributed by atoms with Crippen LogP contribution in [0.5, 0.6) is 0 Å². The molecule has 1 aromatic heterocycles. The fourth-order valence-corrected chi connectivity index (χ4v) is 0.914. The quantitative estimate of drug-likeness (QED) is 0.635. The van der Waals surface area contributed by atoms with Crippen molar-refractivity contribution in [1.82, 2.24) is 0 Å². The maximum absolute atomic E-state index is 8.43. The first-order valence-corrected chi connectivity index (χ1v) is 3.72. The first kappa shape index (κ1) is 8.36. The Morgan fingerprint density at radius 1 is 1.33 bits per heavy atom. The third kappa shape index (κ3) is 2.14. The molecule has 0 saturated carbocycles. The van der Waals surface area contributed by atoms with Gasteiger partial charge in [-0.1, -0.05) is 0 Å². The molecular formula is C9H8N2O. The standard InChI is InChI=1S/C9H8N2O/c10-6-2-1-3-8-4-5-9(7-11)12-8/h4-5H,1-3H2. The van der Waals surface area contributed by atoms with Gasteiger partial charge in [0.15, 0.2) is 0 Å². The number of hydrogen-bond acceptors (Lipinski definition) is 3. The van der Waals surface area contributed by atoms with Gasteiger partial charge in [0, 0.05) is 12.8 Å². The van der Waals surface area contributed by atoms with Gasteiger partial charge in [-0.3, -0.25) is 0 Å². The Bertz CT molecular complexity index is 327. The lowest BCUT2D eigenvalue weighted by molar-refractivity contribution is 0.492. The second-order valence-electron chi connectivity index (χ2n) is 2.39. The minimum absolute atomic E-state index is 0.335. The molecule has 0 fully saturated rings. The highest BCUT2D eigenvalue weighted by atomic mass is 16.3. The first-order chi connectivity index (χ1) is 5.86. The number of hydrogen-bond donors (Lipinski definition) is 0. The van der Waals surface area contributed by atoms with Crippen LogP contribution < -0.4 is 0 Å². The van der Waals surface area contributed by atoms with Gasteiger partial charge >= 0.3 is 0 Å². The Kier molecular flexibility index (Phi) is 2.93. The zero-order chi connectivity index (χ0) is 8.81. The van der Waals surface area contributed by atoms with Crippen LogP contribution in [0, 0.1) is 22.7 Å². The normalized spacial score (nSPS) is 8.83. The van der Waals surface area contributed by atoms with Gasteiger partial charge in [0.2, 0.25) is 5.76 Å². The molecule has 1 heterocycles. The summed E-state index contributed by atoms with van der Waals surface area (Å²) in [7, 11) is 0. The number of unbranched alkanes of at least 4 members (excludes halogenated alkanes) is 1. The molecule has 60 valence electrons. The molecular weight excluding hydrogens is 152 g/mol. The SMILES string of the molecule is N#CCCCc1ccc(C#N)o1. The number of aryl methyl sites for hydroxylation is 1. The van der Waals surface area contributed by atoms with E-state index in [9.17, 15) is 0 Å². The van der Waals surface area contributed by atoms with Crippen molar-refractivity contribution in [3.05, 3.63) is 23.7 Å². The van der Waals surface area contributed by atoms with Crippen molar-refractivity contribution in [1.29, 1.82) is 10.5 Å². The minimum atomic E-state index is 0.335. The molecule has 1 aromatic rings. The van der Waals surface area contributed by atoms with E-state index < -0.39 is 0 Å². The van der Waals surface area contributed by atoms with Crippen LogP contribution in [0.25, 0.3) is 0 Å². The van der Waals surface area contributed by atoms with E-state index in [1.54, 1.807) is 12.1 Å². The lowest BCUT2D eigenvalue weighted by Crippen LogP contribution is -1.79. The predicted molar refractivity (Wildman–Crippen MR) is 42.0 cm³/mol. The van der Waals surface area contributed by atoms with E-state index in [2.05, 4.69) is 6.07 Å². The summed E-state index contributed by atoms with van der Waals surface area (Å²) in [5.41, 5.74) is 0. The molecule has 3 heteroatoms. The monoisotopic (exact) mass is 160 g/mol. The van der Waals surface area contributed by atoms with Gasteiger partial charge in [0.1, 0.15) is 11.8 Å². The number of furan rings is 1. The van der Waals surface area contributed by atoms with Crippen LogP contribution in [-0.4, -0.2) is 0 Å². The van der Waals surface area contributed by atoms with Crippen molar-refractivity contribution in [3.8, 4) is 12.1 Å². The van der Waals surface area contributed by atoms with Crippen LogP contribution in [0.3, 0.4) is 0 Å². The zero-order valence-electron chi connectivity index (χ0n) is 6.58. The van der Waals surface area contributed by atoms with Crippen LogP contribution >= 0.6 is 0 Å². The van der Waals surface area contributed by atoms with Crippen molar-refractivity contribution in [2.75, 3.05) is 0 Å². The van der Waals surface area contributed by atoms with Gasteiger partial charge in [0.05, 0.1) is 6.07 Å². The van der Waals surface area contributed by atoms with E-state index in [4.69, 9.17) is 14.9 Å². The summed E-state index contributed by atoms with van der Waals surface area (Å²) in [6.07, 6.45) is 2.05. The molecule has 12 heavy (non-hydrogen) atoms. The number of nitriles is 2. The highest BCUT2D eigenvalue weighted by molar-refractivity contribution is 5.19. The largest absolute Gasteiger partial charge is 0.451 e. The average Bonchev–Trinajstić information content (AvgIpc) is 2.53. The molecule has 0 saturated heterocycles. The topological polar surface area (TPSA) is 60.7 Å². The highest BCUT2D eigenvalue weighted by Crippen LogP contribution is 2.09. The lowest BCUT2D eigenvalue weighted by atomic mass is 10.2. The molecule has 0 bridgehead atoms.